The van der Waals surface area contributed by atoms with Crippen molar-refractivity contribution >= 4 is 5.91 Å². The summed E-state index contributed by atoms with van der Waals surface area (Å²) in [6.45, 7) is 0.711. The summed E-state index contributed by atoms with van der Waals surface area (Å²) in [6, 6.07) is 0.612. The molecule has 0 atom stereocenters. The maximum atomic E-state index is 12.2. The van der Waals surface area contributed by atoms with E-state index in [2.05, 4.69) is 10.6 Å². The van der Waals surface area contributed by atoms with Crippen molar-refractivity contribution in [2.45, 2.75) is 50.4 Å². The van der Waals surface area contributed by atoms with Gasteiger partial charge in [-0.2, -0.15) is 13.2 Å². The molecule has 20 heavy (non-hydrogen) atoms. The molecule has 1 heterocycles. The van der Waals surface area contributed by atoms with Gasteiger partial charge in [-0.3, -0.25) is 9.69 Å². The average Bonchev–Trinajstić information content (AvgIpc) is 3.13. The van der Waals surface area contributed by atoms with E-state index in [4.69, 9.17) is 0 Å². The SMILES string of the molecule is O=C(CCNC1CCN(CC(F)(F)F)CC1)NC1CC1. The van der Waals surface area contributed by atoms with E-state index in [1.807, 2.05) is 0 Å². The Morgan fingerprint density at radius 3 is 2.30 bits per heavy atom. The summed E-state index contributed by atoms with van der Waals surface area (Å²) in [5, 5.41) is 6.17. The van der Waals surface area contributed by atoms with Gasteiger partial charge in [0.2, 0.25) is 5.91 Å². The number of carbonyl (C=O) groups is 1. The average molecular weight is 293 g/mol. The highest BCUT2D eigenvalue weighted by Crippen LogP contribution is 2.20. The molecule has 116 valence electrons. The first kappa shape index (κ1) is 15.6. The minimum Gasteiger partial charge on any atom is -0.353 e. The minimum absolute atomic E-state index is 0.0644. The Kier molecular flexibility index (Phi) is 5.26. The van der Waals surface area contributed by atoms with E-state index in [0.29, 0.717) is 44.9 Å². The zero-order valence-electron chi connectivity index (χ0n) is 11.5. The molecule has 2 fully saturated rings. The third kappa shape index (κ3) is 6.09. The van der Waals surface area contributed by atoms with Crippen LogP contribution in [-0.2, 0) is 4.79 Å². The molecule has 7 heteroatoms. The number of rotatable bonds is 6. The topological polar surface area (TPSA) is 44.4 Å². The van der Waals surface area contributed by atoms with Gasteiger partial charge in [0.15, 0.2) is 0 Å². The summed E-state index contributed by atoms with van der Waals surface area (Å²) in [4.78, 5) is 12.9. The molecule has 1 saturated carbocycles. The van der Waals surface area contributed by atoms with Crippen molar-refractivity contribution in [2.75, 3.05) is 26.2 Å². The van der Waals surface area contributed by atoms with Crippen LogP contribution in [0.1, 0.15) is 32.1 Å². The molecule has 2 aliphatic rings. The van der Waals surface area contributed by atoms with Gasteiger partial charge in [0.1, 0.15) is 0 Å². The first-order valence-corrected chi connectivity index (χ1v) is 7.24. The molecule has 0 unspecified atom stereocenters. The molecule has 0 aromatic rings. The van der Waals surface area contributed by atoms with Gasteiger partial charge in [-0.05, 0) is 38.8 Å². The molecule has 0 bridgehead atoms. The fourth-order valence-corrected chi connectivity index (χ4v) is 2.47. The van der Waals surface area contributed by atoms with Gasteiger partial charge in [0.25, 0.3) is 0 Å². The Labute approximate surface area is 117 Å². The second-order valence-corrected chi connectivity index (χ2v) is 5.71. The summed E-state index contributed by atoms with van der Waals surface area (Å²) >= 11 is 0. The standard InChI is InChI=1S/C13H22F3N3O/c14-13(15,16)9-19-7-4-10(5-8-19)17-6-3-12(20)18-11-1-2-11/h10-11,17H,1-9H2,(H,18,20). The van der Waals surface area contributed by atoms with Crippen LogP contribution in [0.5, 0.6) is 0 Å². The van der Waals surface area contributed by atoms with E-state index in [1.54, 1.807) is 0 Å². The molecule has 1 aliphatic heterocycles. The number of hydrogen-bond donors (Lipinski definition) is 2. The number of alkyl halides is 3. The molecule has 1 amide bonds. The van der Waals surface area contributed by atoms with Gasteiger partial charge in [0, 0.05) is 25.0 Å². The Morgan fingerprint density at radius 1 is 1.10 bits per heavy atom. The lowest BCUT2D eigenvalue weighted by Gasteiger charge is -2.32. The highest BCUT2D eigenvalue weighted by Gasteiger charge is 2.32. The normalized spacial score (nSPS) is 21.9. The molecule has 0 aromatic carbocycles. The lowest BCUT2D eigenvalue weighted by atomic mass is 10.0. The third-order valence-corrected chi connectivity index (χ3v) is 3.72. The van der Waals surface area contributed by atoms with Crippen molar-refractivity contribution in [3.63, 3.8) is 0 Å². The van der Waals surface area contributed by atoms with E-state index in [9.17, 15) is 18.0 Å². The minimum atomic E-state index is -4.11. The van der Waals surface area contributed by atoms with Crippen molar-refractivity contribution < 1.29 is 18.0 Å². The molecular formula is C13H22F3N3O. The molecule has 4 nitrogen and oxygen atoms in total. The van der Waals surface area contributed by atoms with Gasteiger partial charge >= 0.3 is 6.18 Å². The lowest BCUT2D eigenvalue weighted by Crippen LogP contribution is -2.46. The molecule has 0 radical (unpaired) electrons. The third-order valence-electron chi connectivity index (χ3n) is 3.72. The van der Waals surface area contributed by atoms with E-state index in [-0.39, 0.29) is 11.9 Å². The van der Waals surface area contributed by atoms with E-state index in [1.165, 1.54) is 4.90 Å². The Hall–Kier alpha value is -0.820. The van der Waals surface area contributed by atoms with Crippen LogP contribution in [0.3, 0.4) is 0 Å². The van der Waals surface area contributed by atoms with Crippen molar-refractivity contribution in [3.05, 3.63) is 0 Å². The predicted molar refractivity (Wildman–Crippen MR) is 69.3 cm³/mol. The van der Waals surface area contributed by atoms with E-state index >= 15 is 0 Å². The number of nitrogens with one attached hydrogen (secondary N) is 2. The van der Waals surface area contributed by atoms with Gasteiger partial charge in [-0.15, -0.1) is 0 Å². The number of halogens is 3. The Balaban J connectivity index is 1.54. The smallest absolute Gasteiger partial charge is 0.353 e. The first-order valence-electron chi connectivity index (χ1n) is 7.24. The second-order valence-electron chi connectivity index (χ2n) is 5.71. The monoisotopic (exact) mass is 293 g/mol. The maximum Gasteiger partial charge on any atom is 0.401 e. The van der Waals surface area contributed by atoms with Crippen LogP contribution < -0.4 is 10.6 Å². The quantitative estimate of drug-likeness (QED) is 0.775. The Bertz CT molecular complexity index is 323. The summed E-state index contributed by atoms with van der Waals surface area (Å²) in [6.07, 6.45) is -0.0885. The zero-order chi connectivity index (χ0) is 14.6. The number of hydrogen-bond acceptors (Lipinski definition) is 3. The molecule has 0 spiro atoms. The summed E-state index contributed by atoms with van der Waals surface area (Å²) in [5.41, 5.74) is 0. The molecule has 2 rings (SSSR count). The number of carbonyl (C=O) groups excluding carboxylic acids is 1. The first-order chi connectivity index (χ1) is 9.42. The predicted octanol–water partition coefficient (Wildman–Crippen LogP) is 1.27. The van der Waals surface area contributed by atoms with E-state index < -0.39 is 12.7 Å². The molecular weight excluding hydrogens is 271 g/mol. The van der Waals surface area contributed by atoms with Crippen LogP contribution in [0.2, 0.25) is 0 Å². The Morgan fingerprint density at radius 2 is 1.75 bits per heavy atom. The van der Waals surface area contributed by atoms with Gasteiger partial charge < -0.3 is 10.6 Å². The molecule has 2 N–H and O–H groups in total. The lowest BCUT2D eigenvalue weighted by molar-refractivity contribution is -0.148. The molecule has 1 saturated heterocycles. The summed E-state index contributed by atoms with van der Waals surface area (Å²) in [7, 11) is 0. The number of nitrogens with zero attached hydrogens (tertiary/aromatic N) is 1. The van der Waals surface area contributed by atoms with Crippen LogP contribution in [0.15, 0.2) is 0 Å². The van der Waals surface area contributed by atoms with Gasteiger partial charge in [-0.25, -0.2) is 0 Å². The second kappa shape index (κ2) is 6.76. The van der Waals surface area contributed by atoms with Crippen molar-refractivity contribution in [2.24, 2.45) is 0 Å². The largest absolute Gasteiger partial charge is 0.401 e. The highest BCUT2D eigenvalue weighted by atomic mass is 19.4. The number of amides is 1. The van der Waals surface area contributed by atoms with Crippen molar-refractivity contribution in [3.8, 4) is 0 Å². The zero-order valence-corrected chi connectivity index (χ0v) is 11.5. The van der Waals surface area contributed by atoms with Crippen LogP contribution in [0.4, 0.5) is 13.2 Å². The van der Waals surface area contributed by atoms with Crippen LogP contribution >= 0.6 is 0 Å². The fraction of sp³-hybridized carbons (Fsp3) is 0.923. The van der Waals surface area contributed by atoms with Crippen molar-refractivity contribution in [1.29, 1.82) is 0 Å². The van der Waals surface area contributed by atoms with Crippen LogP contribution in [-0.4, -0.2) is 55.2 Å². The van der Waals surface area contributed by atoms with Crippen LogP contribution in [0, 0.1) is 0 Å². The van der Waals surface area contributed by atoms with Crippen LogP contribution in [0.25, 0.3) is 0 Å². The van der Waals surface area contributed by atoms with Gasteiger partial charge in [-0.1, -0.05) is 0 Å². The maximum absolute atomic E-state index is 12.2. The fourth-order valence-electron chi connectivity index (χ4n) is 2.47. The van der Waals surface area contributed by atoms with Crippen molar-refractivity contribution in [1.82, 2.24) is 15.5 Å². The molecule has 1 aliphatic carbocycles. The summed E-state index contributed by atoms with van der Waals surface area (Å²) in [5.74, 6) is 0.0644. The molecule has 0 aromatic heterocycles. The van der Waals surface area contributed by atoms with E-state index in [0.717, 1.165) is 12.8 Å². The summed E-state index contributed by atoms with van der Waals surface area (Å²) < 4.78 is 36.7. The van der Waals surface area contributed by atoms with Gasteiger partial charge in [0.05, 0.1) is 6.54 Å². The number of likely N-dealkylation sites (tertiary alicyclic amines) is 1. The number of piperidine rings is 1. The highest BCUT2D eigenvalue weighted by molar-refractivity contribution is 5.76.